The summed E-state index contributed by atoms with van der Waals surface area (Å²) >= 11 is 6.05. The molecule has 0 saturated carbocycles. The van der Waals surface area contributed by atoms with Crippen LogP contribution in [-0.4, -0.2) is 26.6 Å². The number of methoxy groups -OCH3 is 2. The minimum absolute atomic E-state index is 0.103. The average Bonchev–Trinajstić information content (AvgIpc) is 2.29. The molecule has 0 aliphatic carbocycles. The molecule has 0 radical (unpaired) electrons. The summed E-state index contributed by atoms with van der Waals surface area (Å²) < 4.78 is 10.3. The number of ether oxygens (including phenoxy) is 2. The number of benzene rings is 1. The number of rotatable bonds is 6. The van der Waals surface area contributed by atoms with Crippen LogP contribution in [0.5, 0.6) is 0 Å². The third-order valence-corrected chi connectivity index (χ3v) is 2.81. The van der Waals surface area contributed by atoms with Crippen LogP contribution in [0.25, 0.3) is 0 Å². The second-order valence-corrected chi connectivity index (χ2v) is 4.01. The average molecular weight is 244 g/mol. The van der Waals surface area contributed by atoms with Gasteiger partial charge < -0.3 is 14.8 Å². The van der Waals surface area contributed by atoms with E-state index in [-0.39, 0.29) is 12.3 Å². The Morgan fingerprint density at radius 1 is 1.25 bits per heavy atom. The standard InChI is InChI=1S/C12H18ClNO2/c1-9(12(15-2)16-3)14-8-10-6-4-5-7-11(10)13/h4-7,9,12,14H,8H2,1-3H3. The zero-order chi connectivity index (χ0) is 12.0. The number of halogens is 1. The first-order valence-corrected chi connectivity index (χ1v) is 5.59. The van der Waals surface area contributed by atoms with Gasteiger partial charge in [-0.15, -0.1) is 0 Å². The van der Waals surface area contributed by atoms with Gasteiger partial charge in [0.25, 0.3) is 0 Å². The van der Waals surface area contributed by atoms with E-state index in [2.05, 4.69) is 5.32 Å². The fraction of sp³-hybridized carbons (Fsp3) is 0.500. The van der Waals surface area contributed by atoms with Gasteiger partial charge in [0, 0.05) is 25.8 Å². The summed E-state index contributed by atoms with van der Waals surface area (Å²) in [5.74, 6) is 0. The smallest absolute Gasteiger partial charge is 0.171 e. The van der Waals surface area contributed by atoms with Gasteiger partial charge in [0.15, 0.2) is 6.29 Å². The minimum Gasteiger partial charge on any atom is -0.354 e. The zero-order valence-corrected chi connectivity index (χ0v) is 10.6. The van der Waals surface area contributed by atoms with E-state index >= 15 is 0 Å². The predicted molar refractivity (Wildman–Crippen MR) is 65.6 cm³/mol. The van der Waals surface area contributed by atoms with Crippen molar-refractivity contribution in [3.8, 4) is 0 Å². The molecule has 0 heterocycles. The highest BCUT2D eigenvalue weighted by atomic mass is 35.5. The van der Waals surface area contributed by atoms with Gasteiger partial charge in [-0.3, -0.25) is 0 Å². The first kappa shape index (κ1) is 13.5. The van der Waals surface area contributed by atoms with Crippen molar-refractivity contribution in [3.63, 3.8) is 0 Å². The minimum atomic E-state index is -0.248. The number of hydrogen-bond donors (Lipinski definition) is 1. The molecule has 1 aromatic rings. The first-order valence-electron chi connectivity index (χ1n) is 5.21. The fourth-order valence-corrected chi connectivity index (χ4v) is 1.72. The van der Waals surface area contributed by atoms with Crippen molar-refractivity contribution in [2.45, 2.75) is 25.8 Å². The van der Waals surface area contributed by atoms with Crippen molar-refractivity contribution in [2.24, 2.45) is 0 Å². The normalized spacial score (nSPS) is 13.1. The lowest BCUT2D eigenvalue weighted by Gasteiger charge is -2.22. The molecule has 1 atom stereocenters. The molecule has 1 N–H and O–H groups in total. The highest BCUT2D eigenvalue weighted by molar-refractivity contribution is 6.31. The summed E-state index contributed by atoms with van der Waals surface area (Å²) in [5.41, 5.74) is 1.07. The van der Waals surface area contributed by atoms with E-state index in [0.717, 1.165) is 10.6 Å². The molecule has 0 saturated heterocycles. The molecule has 0 spiro atoms. The van der Waals surface area contributed by atoms with Gasteiger partial charge in [0.05, 0.1) is 6.04 Å². The lowest BCUT2D eigenvalue weighted by molar-refractivity contribution is -0.119. The molecule has 0 fully saturated rings. The van der Waals surface area contributed by atoms with Gasteiger partial charge in [-0.2, -0.15) is 0 Å². The van der Waals surface area contributed by atoms with Gasteiger partial charge >= 0.3 is 0 Å². The van der Waals surface area contributed by atoms with Crippen LogP contribution in [0, 0.1) is 0 Å². The molecule has 16 heavy (non-hydrogen) atoms. The van der Waals surface area contributed by atoms with Crippen LogP contribution < -0.4 is 5.32 Å². The van der Waals surface area contributed by atoms with Gasteiger partial charge in [-0.05, 0) is 18.6 Å². The first-order chi connectivity index (χ1) is 7.69. The molecule has 1 rings (SSSR count). The third-order valence-electron chi connectivity index (χ3n) is 2.45. The Bertz CT molecular complexity index is 316. The lowest BCUT2D eigenvalue weighted by Crippen LogP contribution is -2.39. The highest BCUT2D eigenvalue weighted by Crippen LogP contribution is 2.14. The van der Waals surface area contributed by atoms with Gasteiger partial charge in [0.1, 0.15) is 0 Å². The molecule has 0 aromatic heterocycles. The van der Waals surface area contributed by atoms with Crippen LogP contribution in [0.3, 0.4) is 0 Å². The van der Waals surface area contributed by atoms with E-state index in [1.807, 2.05) is 31.2 Å². The fourth-order valence-electron chi connectivity index (χ4n) is 1.51. The third kappa shape index (κ3) is 3.76. The van der Waals surface area contributed by atoms with Crippen molar-refractivity contribution in [3.05, 3.63) is 34.9 Å². The molecule has 1 aromatic carbocycles. The maximum Gasteiger partial charge on any atom is 0.171 e. The molecule has 0 aliphatic heterocycles. The summed E-state index contributed by atoms with van der Waals surface area (Å²) in [5, 5.41) is 4.08. The van der Waals surface area contributed by atoms with Crippen LogP contribution in [0.1, 0.15) is 12.5 Å². The highest BCUT2D eigenvalue weighted by Gasteiger charge is 2.14. The van der Waals surface area contributed by atoms with Gasteiger partial charge in [0.2, 0.25) is 0 Å². The van der Waals surface area contributed by atoms with Crippen molar-refractivity contribution in [2.75, 3.05) is 14.2 Å². The molecule has 4 heteroatoms. The summed E-state index contributed by atoms with van der Waals surface area (Å²) in [7, 11) is 3.25. The second kappa shape index (κ2) is 6.86. The van der Waals surface area contributed by atoms with Crippen molar-refractivity contribution in [1.82, 2.24) is 5.32 Å². The summed E-state index contributed by atoms with van der Waals surface area (Å²) in [4.78, 5) is 0. The maximum absolute atomic E-state index is 6.05. The predicted octanol–water partition coefficient (Wildman–Crippen LogP) is 2.44. The second-order valence-electron chi connectivity index (χ2n) is 3.60. The Kier molecular flexibility index (Phi) is 5.77. The van der Waals surface area contributed by atoms with E-state index < -0.39 is 0 Å². The van der Waals surface area contributed by atoms with E-state index in [9.17, 15) is 0 Å². The summed E-state index contributed by atoms with van der Waals surface area (Å²) in [6, 6.07) is 7.87. The summed E-state index contributed by atoms with van der Waals surface area (Å²) in [6.45, 7) is 2.71. The number of hydrogen-bond acceptors (Lipinski definition) is 3. The Hall–Kier alpha value is -0.610. The van der Waals surface area contributed by atoms with E-state index in [0.29, 0.717) is 6.54 Å². The summed E-state index contributed by atoms with van der Waals surface area (Å²) in [6.07, 6.45) is -0.248. The van der Waals surface area contributed by atoms with E-state index in [1.165, 1.54) is 0 Å². The molecule has 1 unspecified atom stereocenters. The molecule has 3 nitrogen and oxygen atoms in total. The van der Waals surface area contributed by atoms with Crippen LogP contribution in [0.2, 0.25) is 5.02 Å². The lowest BCUT2D eigenvalue weighted by atomic mass is 10.2. The topological polar surface area (TPSA) is 30.5 Å². The van der Waals surface area contributed by atoms with Crippen molar-refractivity contribution in [1.29, 1.82) is 0 Å². The molecular weight excluding hydrogens is 226 g/mol. The number of nitrogens with one attached hydrogen (secondary N) is 1. The molecular formula is C12H18ClNO2. The Morgan fingerprint density at radius 2 is 1.88 bits per heavy atom. The van der Waals surface area contributed by atoms with E-state index in [1.54, 1.807) is 14.2 Å². The van der Waals surface area contributed by atoms with E-state index in [4.69, 9.17) is 21.1 Å². The Balaban J connectivity index is 2.48. The van der Waals surface area contributed by atoms with Crippen LogP contribution in [0.4, 0.5) is 0 Å². The molecule has 90 valence electrons. The van der Waals surface area contributed by atoms with Crippen LogP contribution >= 0.6 is 11.6 Å². The molecule has 0 bridgehead atoms. The van der Waals surface area contributed by atoms with Crippen molar-refractivity contribution >= 4 is 11.6 Å². The molecule has 0 aliphatic rings. The van der Waals surface area contributed by atoms with Gasteiger partial charge in [-0.1, -0.05) is 29.8 Å². The molecule has 0 amide bonds. The Labute approximate surface area is 102 Å². The maximum atomic E-state index is 6.05. The zero-order valence-electron chi connectivity index (χ0n) is 9.87. The van der Waals surface area contributed by atoms with Crippen molar-refractivity contribution < 1.29 is 9.47 Å². The Morgan fingerprint density at radius 3 is 2.44 bits per heavy atom. The van der Waals surface area contributed by atoms with Gasteiger partial charge in [-0.25, -0.2) is 0 Å². The van der Waals surface area contributed by atoms with Crippen LogP contribution in [-0.2, 0) is 16.0 Å². The quantitative estimate of drug-likeness (QED) is 0.779. The van der Waals surface area contributed by atoms with Crippen LogP contribution in [0.15, 0.2) is 24.3 Å². The SMILES string of the molecule is COC(OC)C(C)NCc1ccccc1Cl. The monoisotopic (exact) mass is 243 g/mol. The largest absolute Gasteiger partial charge is 0.354 e.